The Morgan fingerprint density at radius 3 is 1.63 bits per heavy atom. The van der Waals surface area contributed by atoms with Gasteiger partial charge in [0, 0.05) is 24.2 Å². The lowest BCUT2D eigenvalue weighted by atomic mass is 10.1. The van der Waals surface area contributed by atoms with Gasteiger partial charge in [0.2, 0.25) is 20.0 Å². The van der Waals surface area contributed by atoms with Crippen LogP contribution in [-0.2, 0) is 20.0 Å². The number of hydrogen-bond donors (Lipinski definition) is 4. The molecule has 0 bridgehead atoms. The smallest absolute Gasteiger partial charge is 0.332 e. The number of nitrogens with two attached hydrogens (primary N) is 1. The highest BCUT2D eigenvalue weighted by Gasteiger charge is 2.29. The quantitative estimate of drug-likeness (QED) is 0.388. The number of benzene rings is 2. The number of fused-ring (bicyclic) bond motifs is 3. The number of hydrazone groups is 1. The Labute approximate surface area is 174 Å². The summed E-state index contributed by atoms with van der Waals surface area (Å²) in [6, 6.07) is 8.07. The highest BCUT2D eigenvalue weighted by Crippen LogP contribution is 2.39. The minimum Gasteiger partial charge on any atom is -0.350 e. The Kier molecular flexibility index (Phi) is 5.94. The van der Waals surface area contributed by atoms with Gasteiger partial charge in [-0.3, -0.25) is 0 Å². The SMILES string of the molecule is CCNS(=O)(=O)c1ccc2c(c1)C(=NNC(N)=O)c1cc(S(=O)(=O)NCC)ccc1-2. The highest BCUT2D eigenvalue weighted by atomic mass is 32.2. The van der Waals surface area contributed by atoms with Crippen LogP contribution in [0.25, 0.3) is 11.1 Å². The minimum absolute atomic E-state index is 0.0168. The van der Waals surface area contributed by atoms with Crippen molar-refractivity contribution < 1.29 is 21.6 Å². The molecule has 0 spiro atoms. The fourth-order valence-electron chi connectivity index (χ4n) is 3.17. The van der Waals surface area contributed by atoms with E-state index in [0.717, 1.165) is 0 Å². The molecular formula is C18H21N5O5S2. The van der Waals surface area contributed by atoms with Crippen molar-refractivity contribution in [1.82, 2.24) is 14.9 Å². The Bertz CT molecular complexity index is 1170. The molecule has 1 aliphatic rings. The molecular weight excluding hydrogens is 430 g/mol. The van der Waals surface area contributed by atoms with E-state index in [1.54, 1.807) is 26.0 Å². The van der Waals surface area contributed by atoms with E-state index < -0.39 is 26.1 Å². The van der Waals surface area contributed by atoms with Crippen LogP contribution in [0.5, 0.6) is 0 Å². The van der Waals surface area contributed by atoms with Crippen molar-refractivity contribution in [3.8, 4) is 11.1 Å². The van der Waals surface area contributed by atoms with Crippen molar-refractivity contribution in [3.05, 3.63) is 47.5 Å². The number of primary amides is 1. The second-order valence-corrected chi connectivity index (χ2v) is 9.89. The van der Waals surface area contributed by atoms with E-state index in [9.17, 15) is 21.6 Å². The van der Waals surface area contributed by atoms with Gasteiger partial charge in [0.1, 0.15) is 0 Å². The molecule has 5 N–H and O–H groups in total. The second kappa shape index (κ2) is 8.14. The lowest BCUT2D eigenvalue weighted by Crippen LogP contribution is -2.26. The third-order valence-electron chi connectivity index (χ3n) is 4.35. The first-order valence-electron chi connectivity index (χ1n) is 9.02. The van der Waals surface area contributed by atoms with Crippen molar-refractivity contribution in [1.29, 1.82) is 0 Å². The van der Waals surface area contributed by atoms with Crippen LogP contribution in [0.2, 0.25) is 0 Å². The summed E-state index contributed by atoms with van der Waals surface area (Å²) in [6.07, 6.45) is 0. The average Bonchev–Trinajstić information content (AvgIpc) is 2.98. The molecule has 2 aromatic rings. The number of carbonyl (C=O) groups is 1. The Morgan fingerprint density at radius 1 is 0.833 bits per heavy atom. The second-order valence-electron chi connectivity index (χ2n) is 6.35. The molecule has 0 aliphatic heterocycles. The van der Waals surface area contributed by atoms with Gasteiger partial charge < -0.3 is 5.73 Å². The zero-order chi connectivity index (χ0) is 22.1. The lowest BCUT2D eigenvalue weighted by Gasteiger charge is -2.08. The third kappa shape index (κ3) is 4.07. The van der Waals surface area contributed by atoms with Crippen LogP contribution in [0.3, 0.4) is 0 Å². The summed E-state index contributed by atoms with van der Waals surface area (Å²) in [5.74, 6) is 0. The maximum atomic E-state index is 12.4. The summed E-state index contributed by atoms with van der Waals surface area (Å²) >= 11 is 0. The minimum atomic E-state index is -3.74. The molecule has 0 heterocycles. The van der Waals surface area contributed by atoms with Gasteiger partial charge >= 0.3 is 6.03 Å². The normalized spacial score (nSPS) is 12.9. The summed E-state index contributed by atoms with van der Waals surface area (Å²) in [7, 11) is -7.47. The van der Waals surface area contributed by atoms with E-state index in [4.69, 9.17) is 5.73 Å². The number of carbonyl (C=O) groups excluding carboxylic acids is 1. The molecule has 2 aromatic carbocycles. The molecule has 3 rings (SSSR count). The predicted molar refractivity (Wildman–Crippen MR) is 112 cm³/mol. The summed E-state index contributed by atoms with van der Waals surface area (Å²) in [5, 5.41) is 4.01. The van der Waals surface area contributed by atoms with Gasteiger partial charge in [0.05, 0.1) is 15.5 Å². The Hall–Kier alpha value is -2.80. The first-order valence-corrected chi connectivity index (χ1v) is 12.0. The average molecular weight is 452 g/mol. The first kappa shape index (κ1) is 21.9. The standard InChI is InChI=1S/C18H21N5O5S2/c1-3-20-29(25,26)11-5-7-13-14-8-6-12(30(27,28)21-4-2)10-16(14)17(15(13)9-11)22-23-18(19)24/h5-10,20-21H,3-4H2,1-2H3,(H3,19,23,24). The molecule has 0 saturated carbocycles. The number of amides is 2. The summed E-state index contributed by atoms with van der Waals surface area (Å²) in [4.78, 5) is 11.2. The molecule has 0 unspecified atom stereocenters. The molecule has 0 aromatic heterocycles. The molecule has 1 aliphatic carbocycles. The van der Waals surface area contributed by atoms with Crippen molar-refractivity contribution >= 4 is 31.8 Å². The number of hydrogen-bond acceptors (Lipinski definition) is 6. The molecule has 10 nitrogen and oxygen atoms in total. The van der Waals surface area contributed by atoms with Crippen LogP contribution in [0.1, 0.15) is 25.0 Å². The first-order chi connectivity index (χ1) is 14.1. The predicted octanol–water partition coefficient (Wildman–Crippen LogP) is 0.684. The number of nitrogens with one attached hydrogen (secondary N) is 3. The van der Waals surface area contributed by atoms with E-state index in [-0.39, 0.29) is 28.6 Å². The van der Waals surface area contributed by atoms with Crippen LogP contribution in [0.15, 0.2) is 51.3 Å². The van der Waals surface area contributed by atoms with Crippen molar-refractivity contribution in [2.24, 2.45) is 10.8 Å². The van der Waals surface area contributed by atoms with E-state index in [0.29, 0.717) is 22.3 Å². The monoisotopic (exact) mass is 451 g/mol. The van der Waals surface area contributed by atoms with Gasteiger partial charge in [-0.15, -0.1) is 0 Å². The van der Waals surface area contributed by atoms with Gasteiger partial charge in [0.25, 0.3) is 0 Å². The van der Waals surface area contributed by atoms with Gasteiger partial charge in [-0.05, 0) is 35.4 Å². The zero-order valence-electron chi connectivity index (χ0n) is 16.3. The lowest BCUT2D eigenvalue weighted by molar-refractivity contribution is 0.249. The van der Waals surface area contributed by atoms with Crippen LogP contribution < -0.4 is 20.6 Å². The van der Waals surface area contributed by atoms with E-state index in [2.05, 4.69) is 20.0 Å². The highest BCUT2D eigenvalue weighted by molar-refractivity contribution is 7.89. The summed E-state index contributed by atoms with van der Waals surface area (Å²) in [6.45, 7) is 3.76. The molecule has 30 heavy (non-hydrogen) atoms. The fourth-order valence-corrected chi connectivity index (χ4v) is 5.30. The molecule has 12 heteroatoms. The number of rotatable bonds is 7. The van der Waals surface area contributed by atoms with E-state index in [1.165, 1.54) is 24.3 Å². The molecule has 0 saturated heterocycles. The van der Waals surface area contributed by atoms with Crippen LogP contribution in [0, 0.1) is 0 Å². The maximum absolute atomic E-state index is 12.4. The largest absolute Gasteiger partial charge is 0.350 e. The summed E-state index contributed by atoms with van der Waals surface area (Å²) < 4.78 is 54.5. The topological polar surface area (TPSA) is 160 Å². The van der Waals surface area contributed by atoms with E-state index in [1.807, 2.05) is 0 Å². The van der Waals surface area contributed by atoms with Gasteiger partial charge in [-0.1, -0.05) is 26.0 Å². The van der Waals surface area contributed by atoms with Gasteiger partial charge in [0.15, 0.2) is 0 Å². The fraction of sp³-hybridized carbons (Fsp3) is 0.222. The van der Waals surface area contributed by atoms with Crippen LogP contribution >= 0.6 is 0 Å². The van der Waals surface area contributed by atoms with Crippen molar-refractivity contribution in [3.63, 3.8) is 0 Å². The molecule has 0 atom stereocenters. The van der Waals surface area contributed by atoms with Crippen molar-refractivity contribution in [2.45, 2.75) is 23.6 Å². The Morgan fingerprint density at radius 2 is 1.27 bits per heavy atom. The maximum Gasteiger partial charge on any atom is 0.332 e. The third-order valence-corrected chi connectivity index (χ3v) is 7.44. The summed E-state index contributed by atoms with van der Waals surface area (Å²) in [5.41, 5.74) is 9.62. The molecule has 2 amide bonds. The van der Waals surface area contributed by atoms with Gasteiger partial charge in [-0.25, -0.2) is 36.5 Å². The van der Waals surface area contributed by atoms with Gasteiger partial charge in [-0.2, -0.15) is 5.10 Å². The molecule has 0 radical (unpaired) electrons. The molecule has 0 fully saturated rings. The van der Waals surface area contributed by atoms with Crippen molar-refractivity contribution in [2.75, 3.05) is 13.1 Å². The number of nitrogens with zero attached hydrogens (tertiary/aromatic N) is 1. The Balaban J connectivity index is 2.21. The number of urea groups is 1. The number of sulfonamides is 2. The van der Waals surface area contributed by atoms with Crippen LogP contribution in [0.4, 0.5) is 4.79 Å². The van der Waals surface area contributed by atoms with Crippen LogP contribution in [-0.4, -0.2) is 41.7 Å². The van der Waals surface area contributed by atoms with E-state index >= 15 is 0 Å². The molecule has 160 valence electrons. The zero-order valence-corrected chi connectivity index (χ0v) is 17.9.